The molecule has 0 aliphatic heterocycles. The zero-order valence-corrected chi connectivity index (χ0v) is 13.3. The molecule has 21 heavy (non-hydrogen) atoms. The molecule has 0 spiro atoms. The van der Waals surface area contributed by atoms with Crippen LogP contribution in [0.4, 0.5) is 0 Å². The molecule has 114 valence electrons. The Morgan fingerprint density at radius 1 is 1.33 bits per heavy atom. The molecule has 0 N–H and O–H groups in total. The molecule has 0 saturated heterocycles. The summed E-state index contributed by atoms with van der Waals surface area (Å²) in [6.07, 6.45) is 0. The van der Waals surface area contributed by atoms with Crippen LogP contribution in [0.1, 0.15) is 35.7 Å². The maximum Gasteiger partial charge on any atom is 0.360 e. The first-order valence-corrected chi connectivity index (χ1v) is 6.89. The molecule has 0 aliphatic rings. The lowest BCUT2D eigenvalue weighted by molar-refractivity contribution is 0.0595. The zero-order chi connectivity index (χ0) is 15.7. The Morgan fingerprint density at radius 2 is 2.00 bits per heavy atom. The molecular weight excluding hydrogens is 270 g/mol. The largest absolute Gasteiger partial charge is 0.464 e. The van der Waals surface area contributed by atoms with Crippen LogP contribution in [0.5, 0.6) is 0 Å². The third-order valence-electron chi connectivity index (χ3n) is 3.40. The van der Waals surface area contributed by atoms with Gasteiger partial charge in [0.05, 0.1) is 12.8 Å². The molecule has 2 rings (SSSR count). The van der Waals surface area contributed by atoms with Crippen LogP contribution in [0, 0.1) is 19.8 Å². The number of nitrogens with zero attached hydrogens (tertiary/aromatic N) is 5. The highest BCUT2D eigenvalue weighted by Crippen LogP contribution is 2.29. The summed E-state index contributed by atoms with van der Waals surface area (Å²) >= 11 is 0. The van der Waals surface area contributed by atoms with Gasteiger partial charge in [-0.15, -0.1) is 5.10 Å². The van der Waals surface area contributed by atoms with E-state index in [-0.39, 0.29) is 5.69 Å². The predicted molar refractivity (Wildman–Crippen MR) is 77.9 cm³/mol. The number of esters is 1. The third-order valence-corrected chi connectivity index (χ3v) is 3.40. The minimum atomic E-state index is -0.484. The van der Waals surface area contributed by atoms with Crippen molar-refractivity contribution in [2.45, 2.75) is 34.2 Å². The fourth-order valence-corrected chi connectivity index (χ4v) is 2.38. The van der Waals surface area contributed by atoms with Gasteiger partial charge in [-0.1, -0.05) is 19.1 Å². The van der Waals surface area contributed by atoms with Gasteiger partial charge in [0.15, 0.2) is 5.69 Å². The normalized spacial score (nSPS) is 11.2. The summed E-state index contributed by atoms with van der Waals surface area (Å²) in [4.78, 5) is 12.0. The fraction of sp³-hybridized carbons (Fsp3) is 0.571. The maximum atomic E-state index is 12.0. The lowest BCUT2D eigenvalue weighted by Crippen LogP contribution is -2.10. The highest BCUT2D eigenvalue weighted by Gasteiger charge is 2.26. The Labute approximate surface area is 123 Å². The number of hydrogen-bond acceptors (Lipinski definition) is 5. The smallest absolute Gasteiger partial charge is 0.360 e. The Morgan fingerprint density at radius 3 is 2.48 bits per heavy atom. The van der Waals surface area contributed by atoms with Crippen LogP contribution in [0.2, 0.25) is 0 Å². The van der Waals surface area contributed by atoms with E-state index in [0.717, 1.165) is 17.0 Å². The molecular formula is C14H21N5O2. The average molecular weight is 291 g/mol. The van der Waals surface area contributed by atoms with Crippen molar-refractivity contribution < 1.29 is 9.53 Å². The van der Waals surface area contributed by atoms with E-state index in [1.165, 1.54) is 7.11 Å². The fourth-order valence-electron chi connectivity index (χ4n) is 2.38. The molecule has 7 heteroatoms. The lowest BCUT2D eigenvalue weighted by atomic mass is 10.1. The van der Waals surface area contributed by atoms with E-state index in [1.807, 2.05) is 20.9 Å². The van der Waals surface area contributed by atoms with Gasteiger partial charge in [0.25, 0.3) is 0 Å². The second-order valence-electron chi connectivity index (χ2n) is 5.52. The predicted octanol–water partition coefficient (Wildman–Crippen LogP) is 1.74. The molecule has 0 unspecified atom stereocenters. The van der Waals surface area contributed by atoms with Gasteiger partial charge in [-0.05, 0) is 19.8 Å². The molecule has 2 aromatic rings. The molecule has 0 aliphatic carbocycles. The van der Waals surface area contributed by atoms with Gasteiger partial charge in [0, 0.05) is 24.8 Å². The molecule has 0 atom stereocenters. The van der Waals surface area contributed by atoms with Crippen molar-refractivity contribution in [3.05, 3.63) is 17.1 Å². The Kier molecular flexibility index (Phi) is 4.11. The highest BCUT2D eigenvalue weighted by molar-refractivity contribution is 5.94. The highest BCUT2D eigenvalue weighted by atomic mass is 16.5. The summed E-state index contributed by atoms with van der Waals surface area (Å²) < 4.78 is 8.37. The standard InChI is InChI=1S/C14H21N5O2/c1-8(2)7-19-13(12(15-17-19)14(20)21-6)11-9(3)16-18(5)10(11)4/h8H,7H2,1-6H3. The summed E-state index contributed by atoms with van der Waals surface area (Å²) in [5.41, 5.74) is 3.61. The molecule has 7 nitrogen and oxygen atoms in total. The van der Waals surface area contributed by atoms with Gasteiger partial charge in [-0.25, -0.2) is 9.48 Å². The topological polar surface area (TPSA) is 74.8 Å². The number of aromatic nitrogens is 5. The first kappa shape index (κ1) is 15.2. The van der Waals surface area contributed by atoms with Gasteiger partial charge < -0.3 is 4.74 Å². The number of carbonyl (C=O) groups is 1. The minimum absolute atomic E-state index is 0.234. The van der Waals surface area contributed by atoms with Crippen LogP contribution >= 0.6 is 0 Å². The summed E-state index contributed by atoms with van der Waals surface area (Å²) in [7, 11) is 3.22. The van der Waals surface area contributed by atoms with E-state index >= 15 is 0 Å². The van der Waals surface area contributed by atoms with Crippen molar-refractivity contribution in [2.24, 2.45) is 13.0 Å². The molecule has 0 radical (unpaired) electrons. The number of aryl methyl sites for hydroxylation is 2. The van der Waals surface area contributed by atoms with Gasteiger partial charge in [0.2, 0.25) is 0 Å². The van der Waals surface area contributed by atoms with E-state index in [2.05, 4.69) is 29.3 Å². The van der Waals surface area contributed by atoms with Gasteiger partial charge in [0.1, 0.15) is 5.69 Å². The Balaban J connectivity index is 2.68. The van der Waals surface area contributed by atoms with E-state index in [0.29, 0.717) is 18.2 Å². The van der Waals surface area contributed by atoms with Crippen molar-refractivity contribution in [1.29, 1.82) is 0 Å². The molecule has 0 fully saturated rings. The second-order valence-corrected chi connectivity index (χ2v) is 5.52. The summed E-state index contributed by atoms with van der Waals surface area (Å²) in [6, 6.07) is 0. The van der Waals surface area contributed by atoms with E-state index < -0.39 is 5.97 Å². The first-order chi connectivity index (χ1) is 9.86. The third kappa shape index (κ3) is 2.68. The SMILES string of the molecule is COC(=O)c1nnn(CC(C)C)c1-c1c(C)nn(C)c1C. The first-order valence-electron chi connectivity index (χ1n) is 6.89. The molecule has 2 aromatic heterocycles. The van der Waals surface area contributed by atoms with Crippen LogP contribution < -0.4 is 0 Å². The monoisotopic (exact) mass is 291 g/mol. The van der Waals surface area contributed by atoms with Crippen LogP contribution in [0.15, 0.2) is 0 Å². The number of rotatable bonds is 4. The zero-order valence-electron chi connectivity index (χ0n) is 13.3. The Hall–Kier alpha value is -2.18. The van der Waals surface area contributed by atoms with Crippen molar-refractivity contribution in [3.8, 4) is 11.3 Å². The van der Waals surface area contributed by atoms with Crippen LogP contribution in [-0.2, 0) is 18.3 Å². The number of carbonyl (C=O) groups excluding carboxylic acids is 1. The maximum absolute atomic E-state index is 12.0. The quantitative estimate of drug-likeness (QED) is 0.802. The van der Waals surface area contributed by atoms with Crippen molar-refractivity contribution in [1.82, 2.24) is 24.8 Å². The lowest BCUT2D eigenvalue weighted by Gasteiger charge is -2.10. The summed E-state index contributed by atoms with van der Waals surface area (Å²) in [6.45, 7) is 8.73. The van der Waals surface area contributed by atoms with Crippen molar-refractivity contribution in [2.75, 3.05) is 7.11 Å². The average Bonchev–Trinajstić information content (AvgIpc) is 2.90. The summed E-state index contributed by atoms with van der Waals surface area (Å²) in [5, 5.41) is 12.5. The van der Waals surface area contributed by atoms with Gasteiger partial charge in [-0.2, -0.15) is 5.10 Å². The van der Waals surface area contributed by atoms with E-state index in [1.54, 1.807) is 9.36 Å². The molecule has 0 amide bonds. The Bertz CT molecular complexity index is 669. The van der Waals surface area contributed by atoms with Gasteiger partial charge in [-0.3, -0.25) is 4.68 Å². The van der Waals surface area contributed by atoms with Crippen LogP contribution in [-0.4, -0.2) is 37.9 Å². The van der Waals surface area contributed by atoms with Crippen molar-refractivity contribution >= 4 is 5.97 Å². The number of methoxy groups -OCH3 is 1. The van der Waals surface area contributed by atoms with E-state index in [4.69, 9.17) is 4.74 Å². The molecule has 0 bridgehead atoms. The second kappa shape index (κ2) is 5.67. The van der Waals surface area contributed by atoms with Crippen LogP contribution in [0.25, 0.3) is 11.3 Å². The van der Waals surface area contributed by atoms with Crippen molar-refractivity contribution in [3.63, 3.8) is 0 Å². The van der Waals surface area contributed by atoms with Gasteiger partial charge >= 0.3 is 5.97 Å². The van der Waals surface area contributed by atoms with E-state index in [9.17, 15) is 4.79 Å². The molecule has 2 heterocycles. The molecule has 0 aromatic carbocycles. The number of hydrogen-bond donors (Lipinski definition) is 0. The minimum Gasteiger partial charge on any atom is -0.464 e. The van der Waals surface area contributed by atoms with Crippen LogP contribution in [0.3, 0.4) is 0 Å². The summed E-state index contributed by atoms with van der Waals surface area (Å²) in [5.74, 6) is -0.101. The number of ether oxygens (including phenoxy) is 1. The molecule has 0 saturated carbocycles.